The third kappa shape index (κ3) is 3.27. The zero-order valence-corrected chi connectivity index (χ0v) is 9.30. The Morgan fingerprint density at radius 1 is 1.38 bits per heavy atom. The van der Waals surface area contributed by atoms with Gasteiger partial charge in [0, 0.05) is 12.4 Å². The average Bonchev–Trinajstić information content (AvgIpc) is 2.19. The number of hydrogen-bond acceptors (Lipinski definition) is 2. The molecule has 0 radical (unpaired) electrons. The van der Waals surface area contributed by atoms with E-state index in [1.54, 1.807) is 0 Å². The van der Waals surface area contributed by atoms with Gasteiger partial charge >= 0.3 is 0 Å². The van der Waals surface area contributed by atoms with Gasteiger partial charge in [0.1, 0.15) is 5.75 Å². The Bertz CT molecular complexity index is 252. The SMILES string of the molecule is CNc1ccccc1OCCCBr. The van der Waals surface area contributed by atoms with Crippen molar-refractivity contribution in [3.05, 3.63) is 24.3 Å². The van der Waals surface area contributed by atoms with Crippen LogP contribution in [0.2, 0.25) is 0 Å². The predicted octanol–water partition coefficient (Wildman–Crippen LogP) is 2.89. The van der Waals surface area contributed by atoms with E-state index >= 15 is 0 Å². The van der Waals surface area contributed by atoms with Gasteiger partial charge in [-0.2, -0.15) is 0 Å². The third-order valence-corrected chi connectivity index (χ3v) is 2.25. The highest BCUT2D eigenvalue weighted by atomic mass is 79.9. The van der Waals surface area contributed by atoms with Crippen LogP contribution in [0.4, 0.5) is 5.69 Å². The molecule has 0 aromatic heterocycles. The van der Waals surface area contributed by atoms with Crippen LogP contribution in [0, 0.1) is 0 Å². The number of para-hydroxylation sites is 2. The summed E-state index contributed by atoms with van der Waals surface area (Å²) in [5.41, 5.74) is 1.04. The molecule has 0 aliphatic carbocycles. The van der Waals surface area contributed by atoms with Crippen molar-refractivity contribution < 1.29 is 4.74 Å². The smallest absolute Gasteiger partial charge is 0.142 e. The molecule has 72 valence electrons. The molecule has 0 bridgehead atoms. The number of rotatable bonds is 5. The summed E-state index contributed by atoms with van der Waals surface area (Å²) in [6, 6.07) is 7.94. The molecule has 2 nitrogen and oxygen atoms in total. The lowest BCUT2D eigenvalue weighted by atomic mass is 10.3. The fourth-order valence-electron chi connectivity index (χ4n) is 1.04. The van der Waals surface area contributed by atoms with Gasteiger partial charge in [-0.25, -0.2) is 0 Å². The van der Waals surface area contributed by atoms with Gasteiger partial charge in [0.15, 0.2) is 0 Å². The lowest BCUT2D eigenvalue weighted by Gasteiger charge is -2.09. The van der Waals surface area contributed by atoms with E-state index in [9.17, 15) is 0 Å². The summed E-state index contributed by atoms with van der Waals surface area (Å²) in [7, 11) is 1.90. The molecular formula is C10H14BrNO. The molecule has 0 heterocycles. The molecule has 0 amide bonds. The number of benzene rings is 1. The molecule has 0 unspecified atom stereocenters. The first-order chi connectivity index (χ1) is 6.38. The summed E-state index contributed by atoms with van der Waals surface area (Å²) in [6.45, 7) is 0.754. The zero-order chi connectivity index (χ0) is 9.52. The van der Waals surface area contributed by atoms with Crippen LogP contribution in [0.5, 0.6) is 5.75 Å². The Balaban J connectivity index is 2.54. The van der Waals surface area contributed by atoms with Crippen molar-refractivity contribution in [3.8, 4) is 5.75 Å². The molecule has 0 fully saturated rings. The summed E-state index contributed by atoms with van der Waals surface area (Å²) in [5, 5.41) is 4.07. The summed E-state index contributed by atoms with van der Waals surface area (Å²) < 4.78 is 5.58. The molecule has 0 saturated carbocycles. The van der Waals surface area contributed by atoms with E-state index in [4.69, 9.17) is 4.74 Å². The number of ether oxygens (including phenoxy) is 1. The van der Waals surface area contributed by atoms with Gasteiger partial charge < -0.3 is 10.1 Å². The minimum atomic E-state index is 0.754. The molecule has 0 atom stereocenters. The van der Waals surface area contributed by atoms with Crippen LogP contribution < -0.4 is 10.1 Å². The molecule has 1 N–H and O–H groups in total. The third-order valence-electron chi connectivity index (χ3n) is 1.69. The molecule has 1 aromatic rings. The number of halogens is 1. The highest BCUT2D eigenvalue weighted by Gasteiger charge is 1.98. The molecule has 1 rings (SSSR count). The second-order valence-corrected chi connectivity index (χ2v) is 3.43. The minimum absolute atomic E-state index is 0.754. The molecule has 3 heteroatoms. The monoisotopic (exact) mass is 243 g/mol. The Morgan fingerprint density at radius 3 is 2.85 bits per heavy atom. The number of nitrogens with one attached hydrogen (secondary N) is 1. The first kappa shape index (κ1) is 10.4. The Hall–Kier alpha value is -0.700. The fraction of sp³-hybridized carbons (Fsp3) is 0.400. The summed E-state index contributed by atoms with van der Waals surface area (Å²) in [5.74, 6) is 0.922. The van der Waals surface area contributed by atoms with Crippen molar-refractivity contribution in [2.45, 2.75) is 6.42 Å². The fourth-order valence-corrected chi connectivity index (χ4v) is 1.26. The largest absolute Gasteiger partial charge is 0.491 e. The van der Waals surface area contributed by atoms with E-state index in [0.717, 1.165) is 29.8 Å². The molecule has 0 spiro atoms. The maximum Gasteiger partial charge on any atom is 0.142 e. The first-order valence-electron chi connectivity index (χ1n) is 4.34. The van der Waals surface area contributed by atoms with Crippen LogP contribution in [-0.4, -0.2) is 19.0 Å². The first-order valence-corrected chi connectivity index (χ1v) is 5.46. The second kappa shape index (κ2) is 5.86. The van der Waals surface area contributed by atoms with Gasteiger partial charge in [-0.1, -0.05) is 28.1 Å². The number of anilines is 1. The standard InChI is InChI=1S/C10H14BrNO/c1-12-9-5-2-3-6-10(9)13-8-4-7-11/h2-3,5-6,12H,4,7-8H2,1H3. The van der Waals surface area contributed by atoms with Crippen LogP contribution in [0.3, 0.4) is 0 Å². The highest BCUT2D eigenvalue weighted by molar-refractivity contribution is 9.09. The van der Waals surface area contributed by atoms with Crippen molar-refractivity contribution in [2.24, 2.45) is 0 Å². The molecule has 13 heavy (non-hydrogen) atoms. The zero-order valence-electron chi connectivity index (χ0n) is 7.72. The van der Waals surface area contributed by atoms with Crippen molar-refractivity contribution in [1.82, 2.24) is 0 Å². The predicted molar refractivity (Wildman–Crippen MR) is 59.9 cm³/mol. The molecule has 0 aliphatic rings. The van der Waals surface area contributed by atoms with E-state index in [1.807, 2.05) is 31.3 Å². The van der Waals surface area contributed by atoms with Gasteiger partial charge in [-0.05, 0) is 18.6 Å². The van der Waals surface area contributed by atoms with Crippen LogP contribution in [0.15, 0.2) is 24.3 Å². The average molecular weight is 244 g/mol. The van der Waals surface area contributed by atoms with E-state index in [0.29, 0.717) is 0 Å². The van der Waals surface area contributed by atoms with Crippen LogP contribution in [0.25, 0.3) is 0 Å². The number of alkyl halides is 1. The Kier molecular flexibility index (Phi) is 4.68. The van der Waals surface area contributed by atoms with Crippen LogP contribution in [-0.2, 0) is 0 Å². The Morgan fingerprint density at radius 2 is 2.15 bits per heavy atom. The minimum Gasteiger partial charge on any atom is -0.491 e. The summed E-state index contributed by atoms with van der Waals surface area (Å²) >= 11 is 3.36. The van der Waals surface area contributed by atoms with Crippen molar-refractivity contribution in [1.29, 1.82) is 0 Å². The maximum atomic E-state index is 5.58. The number of hydrogen-bond donors (Lipinski definition) is 1. The van der Waals surface area contributed by atoms with E-state index < -0.39 is 0 Å². The van der Waals surface area contributed by atoms with Crippen LogP contribution in [0.1, 0.15) is 6.42 Å². The molecule has 0 saturated heterocycles. The Labute approximate surface area is 87.4 Å². The van der Waals surface area contributed by atoms with Crippen molar-refractivity contribution >= 4 is 21.6 Å². The molecule has 0 aliphatic heterocycles. The van der Waals surface area contributed by atoms with Crippen molar-refractivity contribution in [2.75, 3.05) is 24.3 Å². The molecule has 1 aromatic carbocycles. The van der Waals surface area contributed by atoms with Gasteiger partial charge in [0.05, 0.1) is 12.3 Å². The van der Waals surface area contributed by atoms with Gasteiger partial charge in [0.25, 0.3) is 0 Å². The quantitative estimate of drug-likeness (QED) is 0.635. The normalized spacial score (nSPS) is 9.69. The molecular weight excluding hydrogens is 230 g/mol. The second-order valence-electron chi connectivity index (χ2n) is 2.64. The maximum absolute atomic E-state index is 5.58. The summed E-state index contributed by atoms with van der Waals surface area (Å²) in [4.78, 5) is 0. The van der Waals surface area contributed by atoms with E-state index in [-0.39, 0.29) is 0 Å². The van der Waals surface area contributed by atoms with Gasteiger partial charge in [0.2, 0.25) is 0 Å². The lowest BCUT2D eigenvalue weighted by Crippen LogP contribution is -2.00. The topological polar surface area (TPSA) is 21.3 Å². The van der Waals surface area contributed by atoms with Gasteiger partial charge in [-0.15, -0.1) is 0 Å². The van der Waals surface area contributed by atoms with E-state index in [2.05, 4.69) is 21.2 Å². The van der Waals surface area contributed by atoms with Crippen molar-refractivity contribution in [3.63, 3.8) is 0 Å². The van der Waals surface area contributed by atoms with Crippen LogP contribution >= 0.6 is 15.9 Å². The lowest BCUT2D eigenvalue weighted by molar-refractivity contribution is 0.320. The summed E-state index contributed by atoms with van der Waals surface area (Å²) in [6.07, 6.45) is 1.03. The highest BCUT2D eigenvalue weighted by Crippen LogP contribution is 2.22. The van der Waals surface area contributed by atoms with Gasteiger partial charge in [-0.3, -0.25) is 0 Å². The van der Waals surface area contributed by atoms with E-state index in [1.165, 1.54) is 0 Å².